The maximum absolute atomic E-state index is 5.13. The number of hydrogen-bond donors (Lipinski definition) is 1. The van der Waals surface area contributed by atoms with Gasteiger partial charge in [-0.25, -0.2) is 0 Å². The van der Waals surface area contributed by atoms with E-state index in [2.05, 4.69) is 41.4 Å². The van der Waals surface area contributed by atoms with E-state index in [0.29, 0.717) is 6.61 Å². The van der Waals surface area contributed by atoms with Crippen molar-refractivity contribution in [2.24, 2.45) is 5.92 Å². The molecule has 0 aromatic heterocycles. The third kappa shape index (κ3) is 6.16. The molecule has 1 heterocycles. The van der Waals surface area contributed by atoms with Crippen LogP contribution in [0.4, 0.5) is 0 Å². The van der Waals surface area contributed by atoms with E-state index < -0.39 is 0 Å². The van der Waals surface area contributed by atoms with Gasteiger partial charge in [-0.1, -0.05) is 37.6 Å². The Morgan fingerprint density at radius 1 is 1.10 bits per heavy atom. The van der Waals surface area contributed by atoms with E-state index in [1.54, 1.807) is 7.11 Å². The quantitative estimate of drug-likeness (QED) is 0.796. The monoisotopic (exact) mass is 290 g/mol. The van der Waals surface area contributed by atoms with Gasteiger partial charge in [0.1, 0.15) is 0 Å². The van der Waals surface area contributed by atoms with E-state index in [-0.39, 0.29) is 0 Å². The summed E-state index contributed by atoms with van der Waals surface area (Å²) in [5, 5.41) is 3.58. The largest absolute Gasteiger partial charge is 0.380 e. The van der Waals surface area contributed by atoms with Crippen LogP contribution in [0.3, 0.4) is 0 Å². The summed E-state index contributed by atoms with van der Waals surface area (Å²) < 4.78 is 5.13. The van der Waals surface area contributed by atoms with Gasteiger partial charge < -0.3 is 15.0 Å². The lowest BCUT2D eigenvalue weighted by Crippen LogP contribution is -2.36. The topological polar surface area (TPSA) is 24.5 Å². The van der Waals surface area contributed by atoms with Crippen LogP contribution in [-0.4, -0.2) is 38.2 Å². The number of benzene rings is 1. The highest BCUT2D eigenvalue weighted by molar-refractivity contribution is 5.21. The highest BCUT2D eigenvalue weighted by atomic mass is 16.5. The second-order valence-corrected chi connectivity index (χ2v) is 6.35. The molecular weight excluding hydrogens is 260 g/mol. The van der Waals surface area contributed by atoms with Gasteiger partial charge in [0.25, 0.3) is 0 Å². The third-order valence-electron chi connectivity index (χ3n) is 4.17. The Hall–Kier alpha value is -0.900. The van der Waals surface area contributed by atoms with Crippen LogP contribution < -0.4 is 5.32 Å². The molecule has 0 radical (unpaired) electrons. The first-order valence-electron chi connectivity index (χ1n) is 8.28. The van der Waals surface area contributed by atoms with Crippen LogP contribution >= 0.6 is 0 Å². The molecule has 0 spiro atoms. The normalized spacial score (nSPS) is 17.8. The first-order chi connectivity index (χ1) is 10.3. The Kier molecular flexibility index (Phi) is 7.20. The van der Waals surface area contributed by atoms with Crippen LogP contribution in [0.2, 0.25) is 0 Å². The standard InChI is InChI=1S/C18H30N2O/c1-16(14-20-10-4-3-5-11-20)12-19-13-17-6-8-18(9-7-17)15-21-2/h6-9,16,19H,3-5,10-15H2,1-2H3. The number of likely N-dealkylation sites (tertiary alicyclic amines) is 1. The molecule has 2 rings (SSSR count). The molecule has 0 saturated carbocycles. The Bertz CT molecular complexity index is 385. The van der Waals surface area contributed by atoms with Crippen molar-refractivity contribution >= 4 is 0 Å². The maximum atomic E-state index is 5.13. The second kappa shape index (κ2) is 9.19. The molecular formula is C18H30N2O. The van der Waals surface area contributed by atoms with Crippen molar-refractivity contribution in [2.75, 3.05) is 33.3 Å². The zero-order valence-electron chi connectivity index (χ0n) is 13.6. The third-order valence-corrected chi connectivity index (χ3v) is 4.17. The van der Waals surface area contributed by atoms with Crippen LogP contribution in [0, 0.1) is 5.92 Å². The predicted octanol–water partition coefficient (Wildman–Crippen LogP) is 3.04. The van der Waals surface area contributed by atoms with Crippen LogP contribution in [0.15, 0.2) is 24.3 Å². The molecule has 1 fully saturated rings. The summed E-state index contributed by atoms with van der Waals surface area (Å²) in [5.74, 6) is 0.718. The van der Waals surface area contributed by atoms with E-state index in [4.69, 9.17) is 4.74 Å². The van der Waals surface area contributed by atoms with Gasteiger partial charge in [0.15, 0.2) is 0 Å². The first-order valence-corrected chi connectivity index (χ1v) is 8.28. The Balaban J connectivity index is 1.63. The summed E-state index contributed by atoms with van der Waals surface area (Å²) in [6.07, 6.45) is 4.18. The van der Waals surface area contributed by atoms with E-state index in [9.17, 15) is 0 Å². The van der Waals surface area contributed by atoms with Crippen LogP contribution in [0.5, 0.6) is 0 Å². The maximum Gasteiger partial charge on any atom is 0.0713 e. The number of rotatable bonds is 8. The summed E-state index contributed by atoms with van der Waals surface area (Å²) in [6, 6.07) is 8.68. The number of methoxy groups -OCH3 is 1. The lowest BCUT2D eigenvalue weighted by atomic mass is 10.1. The molecule has 0 amide bonds. The number of ether oxygens (including phenoxy) is 1. The van der Waals surface area contributed by atoms with Crippen LogP contribution in [-0.2, 0) is 17.9 Å². The summed E-state index contributed by atoms with van der Waals surface area (Å²) in [6.45, 7) is 8.92. The number of nitrogens with one attached hydrogen (secondary N) is 1. The minimum Gasteiger partial charge on any atom is -0.380 e. The molecule has 3 nitrogen and oxygen atoms in total. The molecule has 1 aliphatic heterocycles. The molecule has 1 atom stereocenters. The van der Waals surface area contributed by atoms with Crippen molar-refractivity contribution in [1.82, 2.24) is 10.2 Å². The van der Waals surface area contributed by atoms with Gasteiger partial charge in [-0.05, 0) is 49.5 Å². The Morgan fingerprint density at radius 3 is 2.43 bits per heavy atom. The van der Waals surface area contributed by atoms with Crippen molar-refractivity contribution in [3.8, 4) is 0 Å². The van der Waals surface area contributed by atoms with Gasteiger partial charge in [0.2, 0.25) is 0 Å². The lowest BCUT2D eigenvalue weighted by molar-refractivity contribution is 0.185. The number of hydrogen-bond acceptors (Lipinski definition) is 3. The fraction of sp³-hybridized carbons (Fsp3) is 0.667. The van der Waals surface area contributed by atoms with Crippen LogP contribution in [0.1, 0.15) is 37.3 Å². The van der Waals surface area contributed by atoms with Gasteiger partial charge in [0, 0.05) is 20.2 Å². The fourth-order valence-electron chi connectivity index (χ4n) is 3.03. The molecule has 1 aliphatic rings. The second-order valence-electron chi connectivity index (χ2n) is 6.35. The molecule has 1 unspecified atom stereocenters. The number of piperidine rings is 1. The summed E-state index contributed by atoms with van der Waals surface area (Å²) in [7, 11) is 1.74. The van der Waals surface area contributed by atoms with Gasteiger partial charge in [0.05, 0.1) is 6.61 Å². The molecule has 1 saturated heterocycles. The molecule has 3 heteroatoms. The highest BCUT2D eigenvalue weighted by Gasteiger charge is 2.12. The van der Waals surface area contributed by atoms with Crippen molar-refractivity contribution in [3.05, 3.63) is 35.4 Å². The van der Waals surface area contributed by atoms with Gasteiger partial charge in [-0.15, -0.1) is 0 Å². The zero-order chi connectivity index (χ0) is 14.9. The SMILES string of the molecule is COCc1ccc(CNCC(C)CN2CCCCC2)cc1. The van der Waals surface area contributed by atoms with Gasteiger partial charge in [-0.3, -0.25) is 0 Å². The molecule has 21 heavy (non-hydrogen) atoms. The van der Waals surface area contributed by atoms with Gasteiger partial charge in [-0.2, -0.15) is 0 Å². The average molecular weight is 290 g/mol. The van der Waals surface area contributed by atoms with E-state index >= 15 is 0 Å². The molecule has 1 N–H and O–H groups in total. The minimum absolute atomic E-state index is 0.695. The molecule has 0 aliphatic carbocycles. The molecule has 0 bridgehead atoms. The zero-order valence-corrected chi connectivity index (χ0v) is 13.6. The highest BCUT2D eigenvalue weighted by Crippen LogP contribution is 2.11. The number of nitrogens with zero attached hydrogens (tertiary/aromatic N) is 1. The summed E-state index contributed by atoms with van der Waals surface area (Å²) >= 11 is 0. The lowest BCUT2D eigenvalue weighted by Gasteiger charge is -2.29. The summed E-state index contributed by atoms with van der Waals surface area (Å²) in [5.41, 5.74) is 2.58. The Morgan fingerprint density at radius 2 is 1.76 bits per heavy atom. The van der Waals surface area contributed by atoms with Crippen molar-refractivity contribution in [3.63, 3.8) is 0 Å². The predicted molar refractivity (Wildman–Crippen MR) is 88.3 cm³/mol. The molecule has 118 valence electrons. The Labute approximate surface area is 129 Å². The smallest absolute Gasteiger partial charge is 0.0713 e. The van der Waals surface area contributed by atoms with E-state index in [0.717, 1.165) is 19.0 Å². The van der Waals surface area contributed by atoms with Crippen molar-refractivity contribution < 1.29 is 4.74 Å². The molecule has 1 aromatic rings. The first kappa shape index (κ1) is 16.5. The summed E-state index contributed by atoms with van der Waals surface area (Å²) in [4.78, 5) is 2.62. The van der Waals surface area contributed by atoms with Crippen molar-refractivity contribution in [2.45, 2.75) is 39.3 Å². The van der Waals surface area contributed by atoms with E-state index in [1.165, 1.54) is 50.0 Å². The average Bonchev–Trinajstić information content (AvgIpc) is 2.50. The van der Waals surface area contributed by atoms with E-state index in [1.807, 2.05) is 0 Å². The minimum atomic E-state index is 0.695. The van der Waals surface area contributed by atoms with Crippen molar-refractivity contribution in [1.29, 1.82) is 0 Å². The van der Waals surface area contributed by atoms with Crippen LogP contribution in [0.25, 0.3) is 0 Å². The molecule has 1 aromatic carbocycles. The fourth-order valence-corrected chi connectivity index (χ4v) is 3.03. The van der Waals surface area contributed by atoms with Gasteiger partial charge >= 0.3 is 0 Å².